The lowest BCUT2D eigenvalue weighted by Crippen LogP contribution is -2.02. The van der Waals surface area contributed by atoms with Gasteiger partial charge in [-0.3, -0.25) is 0 Å². The molecule has 1 aromatic carbocycles. The number of methoxy groups -OCH3 is 1. The van der Waals surface area contributed by atoms with E-state index in [1.165, 1.54) is 0 Å². The van der Waals surface area contributed by atoms with E-state index in [2.05, 4.69) is 10.3 Å². The normalized spacial score (nSPS) is 9.74. The van der Waals surface area contributed by atoms with Crippen LogP contribution in [-0.4, -0.2) is 12.1 Å². The fourth-order valence-electron chi connectivity index (χ4n) is 1.62. The molecule has 2 aromatic rings. The largest absolute Gasteiger partial charge is 0.497 e. The Morgan fingerprint density at radius 2 is 2.26 bits per heavy atom. The molecule has 1 N–H and O–H groups in total. The summed E-state index contributed by atoms with van der Waals surface area (Å²) < 4.78 is 5.15. The average Bonchev–Trinajstić information content (AvgIpc) is 2.46. The van der Waals surface area contributed by atoms with Crippen molar-refractivity contribution in [3.8, 4) is 11.8 Å². The van der Waals surface area contributed by atoms with Gasteiger partial charge in [-0.05, 0) is 23.8 Å². The third kappa shape index (κ3) is 3.15. The monoisotopic (exact) mass is 273 g/mol. The Kier molecular flexibility index (Phi) is 4.22. The molecule has 0 aliphatic rings. The molecular weight excluding hydrogens is 262 g/mol. The summed E-state index contributed by atoms with van der Waals surface area (Å²) in [6.07, 6.45) is 1.55. The number of ether oxygens (including phenoxy) is 1. The molecule has 0 fully saturated rings. The predicted molar refractivity (Wildman–Crippen MR) is 74.3 cm³/mol. The molecule has 0 aliphatic carbocycles. The maximum atomic E-state index is 8.89. The Morgan fingerprint density at radius 1 is 1.42 bits per heavy atom. The Labute approximate surface area is 116 Å². The molecule has 19 heavy (non-hydrogen) atoms. The molecule has 0 atom stereocenters. The molecule has 0 saturated carbocycles. The van der Waals surface area contributed by atoms with E-state index in [1.54, 1.807) is 19.4 Å². The topological polar surface area (TPSA) is 57.9 Å². The summed E-state index contributed by atoms with van der Waals surface area (Å²) in [6, 6.07) is 11.3. The third-order valence-corrected chi connectivity index (χ3v) is 2.99. The van der Waals surface area contributed by atoms with Crippen molar-refractivity contribution in [2.75, 3.05) is 12.4 Å². The second kappa shape index (κ2) is 6.07. The minimum atomic E-state index is 0.341. The number of pyridine rings is 1. The zero-order valence-corrected chi connectivity index (χ0v) is 11.1. The number of aromatic nitrogens is 1. The Morgan fingerprint density at radius 3 is 3.00 bits per heavy atom. The van der Waals surface area contributed by atoms with Crippen molar-refractivity contribution in [2.45, 2.75) is 6.54 Å². The quantitative estimate of drug-likeness (QED) is 0.929. The first-order chi connectivity index (χ1) is 9.24. The number of halogens is 1. The van der Waals surface area contributed by atoms with E-state index >= 15 is 0 Å². The third-order valence-electron chi connectivity index (χ3n) is 2.60. The van der Waals surface area contributed by atoms with E-state index in [1.807, 2.05) is 30.3 Å². The SMILES string of the molecule is COc1cccc(CNc2nccc(C#N)c2Cl)c1. The highest BCUT2D eigenvalue weighted by Gasteiger charge is 2.06. The number of nitriles is 1. The van der Waals surface area contributed by atoms with Crippen LogP contribution in [0.1, 0.15) is 11.1 Å². The first-order valence-corrected chi connectivity index (χ1v) is 6.04. The van der Waals surface area contributed by atoms with Crippen LogP contribution < -0.4 is 10.1 Å². The Balaban J connectivity index is 2.12. The van der Waals surface area contributed by atoms with Crippen molar-refractivity contribution in [3.05, 3.63) is 52.7 Å². The van der Waals surface area contributed by atoms with Gasteiger partial charge in [0.25, 0.3) is 0 Å². The number of nitrogens with one attached hydrogen (secondary N) is 1. The van der Waals surface area contributed by atoms with Crippen LogP contribution in [0.2, 0.25) is 5.02 Å². The minimum absolute atomic E-state index is 0.341. The molecule has 96 valence electrons. The summed E-state index contributed by atoms with van der Waals surface area (Å²) in [5, 5.41) is 12.3. The van der Waals surface area contributed by atoms with E-state index < -0.39 is 0 Å². The van der Waals surface area contributed by atoms with Crippen LogP contribution >= 0.6 is 11.6 Å². The Bertz CT molecular complexity index is 622. The van der Waals surface area contributed by atoms with Gasteiger partial charge in [-0.2, -0.15) is 5.26 Å². The summed E-state index contributed by atoms with van der Waals surface area (Å²) in [4.78, 5) is 4.12. The van der Waals surface area contributed by atoms with Crippen LogP contribution in [0.4, 0.5) is 5.82 Å². The van der Waals surface area contributed by atoms with Gasteiger partial charge >= 0.3 is 0 Å². The van der Waals surface area contributed by atoms with Crippen LogP contribution in [0.5, 0.6) is 5.75 Å². The summed E-state index contributed by atoms with van der Waals surface area (Å²) in [6.45, 7) is 0.554. The molecule has 4 nitrogen and oxygen atoms in total. The number of anilines is 1. The predicted octanol–water partition coefficient (Wildman–Crippen LogP) is 3.23. The fourth-order valence-corrected chi connectivity index (χ4v) is 1.84. The van der Waals surface area contributed by atoms with E-state index in [9.17, 15) is 0 Å². The molecule has 1 aromatic heterocycles. The summed E-state index contributed by atoms with van der Waals surface area (Å²) >= 11 is 6.06. The van der Waals surface area contributed by atoms with Crippen LogP contribution in [-0.2, 0) is 6.54 Å². The highest BCUT2D eigenvalue weighted by atomic mass is 35.5. The summed E-state index contributed by atoms with van der Waals surface area (Å²) in [5.41, 5.74) is 1.45. The molecule has 0 bridgehead atoms. The average molecular weight is 274 g/mol. The first kappa shape index (κ1) is 13.2. The molecule has 0 amide bonds. The number of benzene rings is 1. The van der Waals surface area contributed by atoms with Crippen molar-refractivity contribution in [2.24, 2.45) is 0 Å². The molecule has 2 rings (SSSR count). The minimum Gasteiger partial charge on any atom is -0.497 e. The lowest BCUT2D eigenvalue weighted by molar-refractivity contribution is 0.414. The van der Waals surface area contributed by atoms with E-state index in [0.717, 1.165) is 11.3 Å². The van der Waals surface area contributed by atoms with Crippen molar-refractivity contribution in [3.63, 3.8) is 0 Å². The maximum absolute atomic E-state index is 8.89. The van der Waals surface area contributed by atoms with E-state index in [-0.39, 0.29) is 0 Å². The number of hydrogen-bond acceptors (Lipinski definition) is 4. The second-order valence-corrected chi connectivity index (χ2v) is 4.22. The van der Waals surface area contributed by atoms with Crippen LogP contribution in [0.15, 0.2) is 36.5 Å². The van der Waals surface area contributed by atoms with Gasteiger partial charge < -0.3 is 10.1 Å². The molecule has 0 radical (unpaired) electrons. The maximum Gasteiger partial charge on any atom is 0.146 e. The smallest absolute Gasteiger partial charge is 0.146 e. The van der Waals surface area contributed by atoms with Gasteiger partial charge in [0.15, 0.2) is 0 Å². The number of nitrogens with zero attached hydrogens (tertiary/aromatic N) is 2. The standard InChI is InChI=1S/C14H12ClN3O/c1-19-12-4-2-3-10(7-12)9-18-14-13(15)11(8-16)5-6-17-14/h2-7H,9H2,1H3,(H,17,18). The van der Waals surface area contributed by atoms with Gasteiger partial charge in [0, 0.05) is 12.7 Å². The molecule has 0 spiro atoms. The molecule has 0 saturated heterocycles. The van der Waals surface area contributed by atoms with Crippen molar-refractivity contribution in [1.82, 2.24) is 4.98 Å². The highest BCUT2D eigenvalue weighted by molar-refractivity contribution is 6.34. The van der Waals surface area contributed by atoms with E-state index in [0.29, 0.717) is 22.9 Å². The number of hydrogen-bond donors (Lipinski definition) is 1. The van der Waals surface area contributed by atoms with Gasteiger partial charge in [-0.15, -0.1) is 0 Å². The molecule has 0 unspecified atom stereocenters. The Hall–Kier alpha value is -2.25. The van der Waals surface area contributed by atoms with Gasteiger partial charge in [-0.1, -0.05) is 23.7 Å². The van der Waals surface area contributed by atoms with Crippen molar-refractivity contribution in [1.29, 1.82) is 5.26 Å². The first-order valence-electron chi connectivity index (χ1n) is 5.66. The number of rotatable bonds is 4. The van der Waals surface area contributed by atoms with Crippen molar-refractivity contribution < 1.29 is 4.74 Å². The van der Waals surface area contributed by atoms with Crippen LogP contribution in [0.25, 0.3) is 0 Å². The molecular formula is C14H12ClN3O. The summed E-state index contributed by atoms with van der Waals surface area (Å²) in [7, 11) is 1.63. The zero-order chi connectivity index (χ0) is 13.7. The van der Waals surface area contributed by atoms with Crippen LogP contribution in [0, 0.1) is 11.3 Å². The second-order valence-electron chi connectivity index (χ2n) is 3.84. The zero-order valence-electron chi connectivity index (χ0n) is 10.4. The summed E-state index contributed by atoms with van der Waals surface area (Å²) in [5.74, 6) is 1.30. The van der Waals surface area contributed by atoms with Gasteiger partial charge in [0.1, 0.15) is 22.7 Å². The fraction of sp³-hybridized carbons (Fsp3) is 0.143. The van der Waals surface area contributed by atoms with Gasteiger partial charge in [0.2, 0.25) is 0 Å². The van der Waals surface area contributed by atoms with Crippen LogP contribution in [0.3, 0.4) is 0 Å². The van der Waals surface area contributed by atoms with Crippen molar-refractivity contribution >= 4 is 17.4 Å². The molecule has 0 aliphatic heterocycles. The lowest BCUT2D eigenvalue weighted by atomic mass is 10.2. The molecule has 1 heterocycles. The van der Waals surface area contributed by atoms with Gasteiger partial charge in [0.05, 0.1) is 12.7 Å². The molecule has 5 heteroatoms. The lowest BCUT2D eigenvalue weighted by Gasteiger charge is -2.09. The highest BCUT2D eigenvalue weighted by Crippen LogP contribution is 2.23. The van der Waals surface area contributed by atoms with E-state index in [4.69, 9.17) is 21.6 Å². The van der Waals surface area contributed by atoms with Gasteiger partial charge in [-0.25, -0.2) is 4.98 Å².